The maximum absolute atomic E-state index is 12.5. The number of nitrogen functional groups attached to an aromatic ring is 1. The number of amides is 2. The van der Waals surface area contributed by atoms with Gasteiger partial charge in [0.1, 0.15) is 12.4 Å². The Hall–Kier alpha value is -4.09. The van der Waals surface area contributed by atoms with Gasteiger partial charge in [0.2, 0.25) is 10.0 Å². The third-order valence-corrected chi connectivity index (χ3v) is 6.61. The van der Waals surface area contributed by atoms with Gasteiger partial charge in [-0.2, -0.15) is 0 Å². The van der Waals surface area contributed by atoms with Crippen molar-refractivity contribution in [2.24, 2.45) is 5.92 Å². The van der Waals surface area contributed by atoms with Gasteiger partial charge in [-0.05, 0) is 64.9 Å². The highest BCUT2D eigenvalue weighted by Gasteiger charge is 2.19. The monoisotopic (exact) mass is 569 g/mol. The Morgan fingerprint density at radius 1 is 1.00 bits per heavy atom. The van der Waals surface area contributed by atoms with Crippen LogP contribution in [0.4, 0.5) is 10.5 Å². The van der Waals surface area contributed by atoms with Crippen LogP contribution in [0.3, 0.4) is 0 Å². The molecule has 214 valence electrons. The molecule has 3 rings (SSSR count). The molecule has 0 saturated carbocycles. The molecule has 3 aromatic rings. The summed E-state index contributed by atoms with van der Waals surface area (Å²) in [6, 6.07) is 19.1. The van der Waals surface area contributed by atoms with Gasteiger partial charge in [-0.25, -0.2) is 17.9 Å². The maximum atomic E-state index is 12.5. The number of nitrogens with two attached hydrogens (primary N) is 1. The molecule has 1 atom stereocenters. The van der Waals surface area contributed by atoms with Gasteiger partial charge in [0.15, 0.2) is 0 Å². The van der Waals surface area contributed by atoms with Crippen molar-refractivity contribution in [1.29, 1.82) is 0 Å². The zero-order valence-corrected chi connectivity index (χ0v) is 23.5. The molecule has 0 heterocycles. The lowest BCUT2D eigenvalue weighted by Gasteiger charge is -2.23. The van der Waals surface area contributed by atoms with E-state index in [9.17, 15) is 28.2 Å². The lowest BCUT2D eigenvalue weighted by molar-refractivity contribution is 0.0894. The largest absolute Gasteiger partial charge is 0.492 e. The van der Waals surface area contributed by atoms with Gasteiger partial charge >= 0.3 is 6.09 Å². The lowest BCUT2D eigenvalue weighted by atomic mass is 9.93. The van der Waals surface area contributed by atoms with E-state index in [1.54, 1.807) is 48.5 Å². The number of carboxylic acid groups (broad SMARTS) is 1. The van der Waals surface area contributed by atoms with Gasteiger partial charge in [-0.3, -0.25) is 4.79 Å². The van der Waals surface area contributed by atoms with Crippen molar-refractivity contribution in [2.45, 2.75) is 26.4 Å². The van der Waals surface area contributed by atoms with Crippen molar-refractivity contribution in [1.82, 2.24) is 9.62 Å². The van der Waals surface area contributed by atoms with Crippen LogP contribution in [0.25, 0.3) is 11.1 Å². The summed E-state index contributed by atoms with van der Waals surface area (Å²) in [5, 5.41) is 20.0. The second kappa shape index (κ2) is 13.3. The highest BCUT2D eigenvalue weighted by molar-refractivity contribution is 7.89. The lowest BCUT2D eigenvalue weighted by Crippen LogP contribution is -2.36. The van der Waals surface area contributed by atoms with Gasteiger partial charge in [0, 0.05) is 11.3 Å². The number of anilines is 1. The number of aliphatic hydroxyl groups excluding tert-OH is 1. The van der Waals surface area contributed by atoms with E-state index in [1.807, 2.05) is 36.8 Å². The summed E-state index contributed by atoms with van der Waals surface area (Å²) >= 11 is 0. The van der Waals surface area contributed by atoms with E-state index in [1.165, 1.54) is 0 Å². The van der Waals surface area contributed by atoms with Crippen LogP contribution in [0, 0.1) is 5.92 Å². The number of carbonyl (C=O) groups is 2. The van der Waals surface area contributed by atoms with Crippen molar-refractivity contribution >= 4 is 27.7 Å². The number of nitrogens with one attached hydrogen (secondary N) is 1. The van der Waals surface area contributed by atoms with Crippen LogP contribution in [0.15, 0.2) is 66.7 Å². The second-order valence-corrected chi connectivity index (χ2v) is 11.7. The predicted molar refractivity (Wildman–Crippen MR) is 154 cm³/mol. The summed E-state index contributed by atoms with van der Waals surface area (Å²) in [7, 11) is -3.69. The molecule has 0 aliphatic carbocycles. The number of sulfonamides is 1. The molecule has 0 radical (unpaired) electrons. The number of nitrogens with zero attached hydrogens (tertiary/aromatic N) is 1. The average molecular weight is 570 g/mol. The molecule has 11 heteroatoms. The molecule has 0 saturated heterocycles. The molecule has 3 aromatic carbocycles. The Labute approximate surface area is 234 Å². The Morgan fingerprint density at radius 3 is 2.20 bits per heavy atom. The molecule has 0 aromatic heterocycles. The third-order valence-electron chi connectivity index (χ3n) is 6.06. The maximum Gasteiger partial charge on any atom is 0.407 e. The molecule has 0 fully saturated rings. The van der Waals surface area contributed by atoms with Crippen LogP contribution in [0.1, 0.15) is 41.4 Å². The van der Waals surface area contributed by atoms with Crippen LogP contribution in [-0.2, 0) is 16.4 Å². The molecular weight excluding hydrogens is 534 g/mol. The van der Waals surface area contributed by atoms with E-state index < -0.39 is 28.1 Å². The van der Waals surface area contributed by atoms with Crippen LogP contribution >= 0.6 is 0 Å². The van der Waals surface area contributed by atoms with Crippen molar-refractivity contribution in [3.8, 4) is 16.9 Å². The molecule has 5 N–H and O–H groups in total. The molecule has 0 bridgehead atoms. The van der Waals surface area contributed by atoms with Crippen LogP contribution in [-0.4, -0.2) is 61.5 Å². The highest BCUT2D eigenvalue weighted by atomic mass is 32.2. The number of hydrogen-bond acceptors (Lipinski definition) is 7. The fraction of sp³-hybridized carbons (Fsp3) is 0.310. The minimum Gasteiger partial charge on any atom is -0.492 e. The van der Waals surface area contributed by atoms with Crippen LogP contribution in [0.2, 0.25) is 0 Å². The van der Waals surface area contributed by atoms with Gasteiger partial charge in [-0.15, -0.1) is 0 Å². The SMILES string of the molecule is CC(C)Cc1cc(-c2ccc(OCCN(C[C@H](O)c3ccc(N)cc3)C(=O)O)cc2)ccc1C(=O)NS(C)(=O)=O. The fourth-order valence-corrected chi connectivity index (χ4v) is 4.59. The van der Waals surface area contributed by atoms with Gasteiger partial charge in [0.05, 0.1) is 25.4 Å². The van der Waals surface area contributed by atoms with Gasteiger partial charge in [0.25, 0.3) is 5.91 Å². The zero-order valence-electron chi connectivity index (χ0n) is 22.7. The van der Waals surface area contributed by atoms with Crippen molar-refractivity contribution in [3.63, 3.8) is 0 Å². The number of benzene rings is 3. The summed E-state index contributed by atoms with van der Waals surface area (Å²) in [6.45, 7) is 4.06. The Bertz CT molecular complexity index is 1420. The predicted octanol–water partition coefficient (Wildman–Crippen LogP) is 3.92. The Morgan fingerprint density at radius 2 is 1.62 bits per heavy atom. The first kappa shape index (κ1) is 30.5. The summed E-state index contributed by atoms with van der Waals surface area (Å²) in [6.07, 6.45) is -0.635. The normalized spacial score (nSPS) is 12.1. The number of hydrogen-bond donors (Lipinski definition) is 4. The molecule has 0 aliphatic rings. The number of rotatable bonds is 12. The Kier molecular flexibility index (Phi) is 10.1. The van der Waals surface area contributed by atoms with E-state index in [0.717, 1.165) is 27.8 Å². The molecule has 0 unspecified atom stereocenters. The quantitative estimate of drug-likeness (QED) is 0.239. The van der Waals surface area contributed by atoms with E-state index in [4.69, 9.17) is 10.5 Å². The van der Waals surface area contributed by atoms with Gasteiger partial charge < -0.3 is 25.6 Å². The van der Waals surface area contributed by atoms with E-state index in [2.05, 4.69) is 0 Å². The molecule has 40 heavy (non-hydrogen) atoms. The topological polar surface area (TPSA) is 159 Å². The highest BCUT2D eigenvalue weighted by Crippen LogP contribution is 2.26. The Balaban J connectivity index is 1.65. The zero-order chi connectivity index (χ0) is 29.4. The first-order chi connectivity index (χ1) is 18.8. The first-order valence-electron chi connectivity index (χ1n) is 12.7. The molecule has 0 spiro atoms. The minimum atomic E-state index is -3.69. The van der Waals surface area contributed by atoms with E-state index in [-0.39, 0.29) is 25.6 Å². The first-order valence-corrected chi connectivity index (χ1v) is 14.6. The summed E-state index contributed by atoms with van der Waals surface area (Å²) in [5.41, 5.74) is 9.55. The summed E-state index contributed by atoms with van der Waals surface area (Å²) in [4.78, 5) is 25.3. The van der Waals surface area contributed by atoms with E-state index in [0.29, 0.717) is 29.0 Å². The van der Waals surface area contributed by atoms with E-state index >= 15 is 0 Å². The number of aliphatic hydroxyl groups is 1. The minimum absolute atomic E-state index is 0.0543. The smallest absolute Gasteiger partial charge is 0.407 e. The summed E-state index contributed by atoms with van der Waals surface area (Å²) < 4.78 is 30.8. The second-order valence-electron chi connectivity index (χ2n) is 9.96. The van der Waals surface area contributed by atoms with Crippen molar-refractivity contribution in [2.75, 3.05) is 31.7 Å². The van der Waals surface area contributed by atoms with Crippen LogP contribution in [0.5, 0.6) is 5.75 Å². The fourth-order valence-electron chi connectivity index (χ4n) is 4.14. The standard InChI is InChI=1S/C29H35N3O7S/c1-19(2)16-23-17-22(8-13-26(23)28(34)31-40(3,37)38)20-6-11-25(12-7-20)39-15-14-32(29(35)36)18-27(33)21-4-9-24(30)10-5-21/h4-13,17,19,27,33H,14-16,18,30H2,1-3H3,(H,31,34)(H,35,36)/t27-/m0/s1. The van der Waals surface area contributed by atoms with Crippen molar-refractivity contribution < 1.29 is 33.0 Å². The number of ether oxygens (including phenoxy) is 1. The van der Waals surface area contributed by atoms with Crippen molar-refractivity contribution in [3.05, 3.63) is 83.4 Å². The van der Waals surface area contributed by atoms with Crippen LogP contribution < -0.4 is 15.2 Å². The molecule has 2 amide bonds. The summed E-state index contributed by atoms with van der Waals surface area (Å²) in [5.74, 6) is 0.123. The molecular formula is C29H35N3O7S. The van der Waals surface area contributed by atoms with Gasteiger partial charge in [-0.1, -0.05) is 50.2 Å². The number of carbonyl (C=O) groups excluding carboxylic acids is 1. The molecule has 0 aliphatic heterocycles. The third kappa shape index (κ3) is 8.99. The molecule has 10 nitrogen and oxygen atoms in total. The average Bonchev–Trinajstić information content (AvgIpc) is 2.87.